The summed E-state index contributed by atoms with van der Waals surface area (Å²) < 4.78 is 11.1. The molecule has 1 amide bonds. The molecule has 5 nitrogen and oxygen atoms in total. The summed E-state index contributed by atoms with van der Waals surface area (Å²) in [7, 11) is 0. The van der Waals surface area contributed by atoms with E-state index in [0.29, 0.717) is 25.8 Å². The number of carbonyl (C=O) groups is 1. The molecule has 0 spiro atoms. The van der Waals surface area contributed by atoms with Gasteiger partial charge in [-0.05, 0) is 38.0 Å². The molecule has 1 aliphatic rings. The molecule has 2 N–H and O–H groups in total. The Hall–Kier alpha value is -1.75. The SMILES string of the molecule is CCC(C)NCC(=O)NC(C)c1ccc2c(c1)OCCO2. The van der Waals surface area contributed by atoms with Gasteiger partial charge in [-0.1, -0.05) is 13.0 Å². The summed E-state index contributed by atoms with van der Waals surface area (Å²) in [6.45, 7) is 7.61. The lowest BCUT2D eigenvalue weighted by Crippen LogP contribution is -2.38. The fourth-order valence-corrected chi connectivity index (χ4v) is 2.12. The van der Waals surface area contributed by atoms with Crippen molar-refractivity contribution in [3.63, 3.8) is 0 Å². The Labute approximate surface area is 126 Å². The Bertz CT molecular complexity index is 490. The Morgan fingerprint density at radius 2 is 1.95 bits per heavy atom. The van der Waals surface area contributed by atoms with Crippen molar-refractivity contribution in [3.8, 4) is 11.5 Å². The van der Waals surface area contributed by atoms with Gasteiger partial charge in [0.2, 0.25) is 5.91 Å². The van der Waals surface area contributed by atoms with Crippen molar-refractivity contribution in [2.75, 3.05) is 19.8 Å². The van der Waals surface area contributed by atoms with E-state index in [9.17, 15) is 4.79 Å². The normalized spacial score (nSPS) is 16.1. The van der Waals surface area contributed by atoms with E-state index in [1.807, 2.05) is 25.1 Å². The number of benzene rings is 1. The molecule has 1 aromatic carbocycles. The van der Waals surface area contributed by atoms with E-state index in [4.69, 9.17) is 9.47 Å². The second kappa shape index (κ2) is 7.31. The first kappa shape index (κ1) is 15.6. The zero-order valence-corrected chi connectivity index (χ0v) is 12.9. The fourth-order valence-electron chi connectivity index (χ4n) is 2.12. The maximum atomic E-state index is 11.9. The highest BCUT2D eigenvalue weighted by molar-refractivity contribution is 5.78. The average molecular weight is 292 g/mol. The second-order valence-electron chi connectivity index (χ2n) is 5.38. The van der Waals surface area contributed by atoms with Crippen molar-refractivity contribution < 1.29 is 14.3 Å². The maximum Gasteiger partial charge on any atom is 0.234 e. The highest BCUT2D eigenvalue weighted by Gasteiger charge is 2.15. The molecular weight excluding hydrogens is 268 g/mol. The van der Waals surface area contributed by atoms with Crippen LogP contribution >= 0.6 is 0 Å². The van der Waals surface area contributed by atoms with Crippen LogP contribution in [0.25, 0.3) is 0 Å². The van der Waals surface area contributed by atoms with Gasteiger partial charge in [0, 0.05) is 6.04 Å². The molecule has 0 radical (unpaired) electrons. The average Bonchev–Trinajstić information content (AvgIpc) is 2.52. The van der Waals surface area contributed by atoms with Crippen LogP contribution in [0, 0.1) is 0 Å². The summed E-state index contributed by atoms with van der Waals surface area (Å²) in [5, 5.41) is 6.17. The number of ether oxygens (including phenoxy) is 2. The molecule has 2 unspecified atom stereocenters. The van der Waals surface area contributed by atoms with Crippen LogP contribution in [0.3, 0.4) is 0 Å². The highest BCUT2D eigenvalue weighted by Crippen LogP contribution is 2.32. The van der Waals surface area contributed by atoms with Gasteiger partial charge in [-0.3, -0.25) is 4.79 Å². The minimum Gasteiger partial charge on any atom is -0.486 e. The molecule has 0 saturated carbocycles. The molecule has 0 aromatic heterocycles. The van der Waals surface area contributed by atoms with Crippen LogP contribution < -0.4 is 20.1 Å². The minimum atomic E-state index is -0.0629. The van der Waals surface area contributed by atoms with E-state index in [1.165, 1.54) is 0 Å². The van der Waals surface area contributed by atoms with E-state index in [2.05, 4.69) is 24.5 Å². The Kier molecular flexibility index (Phi) is 5.44. The van der Waals surface area contributed by atoms with Gasteiger partial charge in [-0.2, -0.15) is 0 Å². The first-order valence-electron chi connectivity index (χ1n) is 7.52. The largest absolute Gasteiger partial charge is 0.486 e. The molecule has 2 atom stereocenters. The van der Waals surface area contributed by atoms with Gasteiger partial charge < -0.3 is 20.1 Å². The minimum absolute atomic E-state index is 0.00214. The molecule has 2 rings (SSSR count). The van der Waals surface area contributed by atoms with Crippen LogP contribution in [0.1, 0.15) is 38.8 Å². The van der Waals surface area contributed by atoms with Crippen molar-refractivity contribution in [1.29, 1.82) is 0 Å². The summed E-state index contributed by atoms with van der Waals surface area (Å²) in [4.78, 5) is 11.9. The third-order valence-electron chi connectivity index (χ3n) is 3.67. The summed E-state index contributed by atoms with van der Waals surface area (Å²) in [5.41, 5.74) is 1.01. The van der Waals surface area contributed by atoms with Crippen molar-refractivity contribution in [2.24, 2.45) is 0 Å². The van der Waals surface area contributed by atoms with Gasteiger partial charge in [0.15, 0.2) is 11.5 Å². The standard InChI is InChI=1S/C16H24N2O3/c1-4-11(2)17-10-16(19)18-12(3)13-5-6-14-15(9-13)21-8-7-20-14/h5-6,9,11-12,17H,4,7-8,10H2,1-3H3,(H,18,19). The van der Waals surface area contributed by atoms with E-state index < -0.39 is 0 Å². The van der Waals surface area contributed by atoms with Crippen LogP contribution in [-0.4, -0.2) is 31.7 Å². The zero-order valence-electron chi connectivity index (χ0n) is 12.9. The summed E-state index contributed by atoms with van der Waals surface area (Å²) >= 11 is 0. The van der Waals surface area contributed by atoms with Gasteiger partial charge in [0.1, 0.15) is 13.2 Å². The first-order chi connectivity index (χ1) is 10.1. The lowest BCUT2D eigenvalue weighted by atomic mass is 10.1. The van der Waals surface area contributed by atoms with Gasteiger partial charge in [0.05, 0.1) is 12.6 Å². The van der Waals surface area contributed by atoms with Crippen molar-refractivity contribution in [2.45, 2.75) is 39.3 Å². The number of hydrogen-bond donors (Lipinski definition) is 2. The molecule has 0 saturated heterocycles. The van der Waals surface area contributed by atoms with Crippen LogP contribution in [0.5, 0.6) is 11.5 Å². The summed E-state index contributed by atoms with van der Waals surface area (Å²) in [6, 6.07) is 6.07. The third-order valence-corrected chi connectivity index (χ3v) is 3.67. The lowest BCUT2D eigenvalue weighted by molar-refractivity contribution is -0.121. The smallest absolute Gasteiger partial charge is 0.234 e. The predicted octanol–water partition coefficient (Wildman–Crippen LogP) is 2.02. The fraction of sp³-hybridized carbons (Fsp3) is 0.562. The quantitative estimate of drug-likeness (QED) is 0.842. The lowest BCUT2D eigenvalue weighted by Gasteiger charge is -2.21. The van der Waals surface area contributed by atoms with Crippen LogP contribution in [0.15, 0.2) is 18.2 Å². The number of hydrogen-bond acceptors (Lipinski definition) is 4. The molecule has 116 valence electrons. The van der Waals surface area contributed by atoms with E-state index in [1.54, 1.807) is 0 Å². The Morgan fingerprint density at radius 1 is 1.24 bits per heavy atom. The van der Waals surface area contributed by atoms with Crippen molar-refractivity contribution >= 4 is 5.91 Å². The second-order valence-corrected chi connectivity index (χ2v) is 5.38. The zero-order chi connectivity index (χ0) is 15.2. The van der Waals surface area contributed by atoms with Crippen LogP contribution in [0.4, 0.5) is 0 Å². The van der Waals surface area contributed by atoms with E-state index >= 15 is 0 Å². The predicted molar refractivity (Wildman–Crippen MR) is 81.7 cm³/mol. The number of rotatable bonds is 6. The number of fused-ring (bicyclic) bond motifs is 1. The summed E-state index contributed by atoms with van der Waals surface area (Å²) in [6.07, 6.45) is 1.00. The van der Waals surface area contributed by atoms with Gasteiger partial charge >= 0.3 is 0 Å². The molecule has 5 heteroatoms. The Morgan fingerprint density at radius 3 is 2.67 bits per heavy atom. The molecule has 0 bridgehead atoms. The molecule has 0 fully saturated rings. The Balaban J connectivity index is 1.90. The maximum absolute atomic E-state index is 11.9. The molecule has 21 heavy (non-hydrogen) atoms. The van der Waals surface area contributed by atoms with Crippen molar-refractivity contribution in [1.82, 2.24) is 10.6 Å². The van der Waals surface area contributed by atoms with E-state index in [0.717, 1.165) is 23.5 Å². The van der Waals surface area contributed by atoms with Gasteiger partial charge in [-0.25, -0.2) is 0 Å². The number of nitrogens with one attached hydrogen (secondary N) is 2. The third kappa shape index (κ3) is 4.36. The van der Waals surface area contributed by atoms with Crippen LogP contribution in [0.2, 0.25) is 0 Å². The molecular formula is C16H24N2O3. The van der Waals surface area contributed by atoms with Crippen molar-refractivity contribution in [3.05, 3.63) is 23.8 Å². The van der Waals surface area contributed by atoms with Gasteiger partial charge in [-0.15, -0.1) is 0 Å². The molecule has 1 aliphatic heterocycles. The highest BCUT2D eigenvalue weighted by atomic mass is 16.6. The van der Waals surface area contributed by atoms with Gasteiger partial charge in [0.25, 0.3) is 0 Å². The monoisotopic (exact) mass is 292 g/mol. The first-order valence-corrected chi connectivity index (χ1v) is 7.52. The number of amides is 1. The van der Waals surface area contributed by atoms with Crippen LogP contribution in [-0.2, 0) is 4.79 Å². The topological polar surface area (TPSA) is 59.6 Å². The number of carbonyl (C=O) groups excluding carboxylic acids is 1. The molecule has 0 aliphatic carbocycles. The summed E-state index contributed by atoms with van der Waals surface area (Å²) in [5.74, 6) is 1.51. The molecule has 1 aromatic rings. The molecule has 1 heterocycles. The van der Waals surface area contributed by atoms with E-state index in [-0.39, 0.29) is 11.9 Å².